The Morgan fingerprint density at radius 3 is 2.88 bits per heavy atom. The van der Waals surface area contributed by atoms with E-state index in [4.69, 9.17) is 21.1 Å². The summed E-state index contributed by atoms with van der Waals surface area (Å²) in [4.78, 5) is 8.38. The van der Waals surface area contributed by atoms with Gasteiger partial charge in [0.05, 0.1) is 13.2 Å². The summed E-state index contributed by atoms with van der Waals surface area (Å²) < 4.78 is 11.0. The van der Waals surface area contributed by atoms with Crippen molar-refractivity contribution in [1.29, 1.82) is 0 Å². The minimum Gasteiger partial charge on any atom is -0.474 e. The number of aromatic nitrogens is 2. The van der Waals surface area contributed by atoms with Crippen molar-refractivity contribution in [2.75, 3.05) is 13.2 Å². The molecule has 0 atom stereocenters. The Bertz CT molecular complexity index is 354. The highest BCUT2D eigenvalue weighted by Gasteiger charge is 2.16. The molecule has 0 radical (unpaired) electrons. The molecule has 0 aliphatic carbocycles. The highest BCUT2D eigenvalue weighted by molar-refractivity contribution is 6.29. The molecular formula is C11H15ClN2O2. The Kier molecular flexibility index (Phi) is 3.96. The van der Waals surface area contributed by atoms with Crippen LogP contribution in [-0.4, -0.2) is 29.3 Å². The lowest BCUT2D eigenvalue weighted by Crippen LogP contribution is -2.26. The van der Waals surface area contributed by atoms with Crippen LogP contribution in [0, 0.1) is 0 Å². The molecule has 88 valence electrons. The average molecular weight is 243 g/mol. The summed E-state index contributed by atoms with van der Waals surface area (Å²) in [5.41, 5.74) is 0. The Morgan fingerprint density at radius 1 is 1.44 bits per heavy atom. The standard InChI is InChI=1S/C11H15ClN2O2/c1-2-10-13-9(12)7-11(14-10)16-8-3-5-15-6-4-8/h7-8H,2-6H2,1H3. The van der Waals surface area contributed by atoms with Crippen LogP contribution in [0.25, 0.3) is 0 Å². The molecule has 0 N–H and O–H groups in total. The molecule has 1 fully saturated rings. The van der Waals surface area contributed by atoms with E-state index in [1.165, 1.54) is 0 Å². The molecule has 1 aromatic heterocycles. The summed E-state index contributed by atoms with van der Waals surface area (Å²) in [5, 5.41) is 0.439. The molecule has 1 aromatic rings. The predicted molar refractivity (Wildman–Crippen MR) is 60.9 cm³/mol. The summed E-state index contributed by atoms with van der Waals surface area (Å²) in [6.07, 6.45) is 2.75. The zero-order valence-electron chi connectivity index (χ0n) is 9.28. The predicted octanol–water partition coefficient (Wildman–Crippen LogP) is 2.25. The minimum absolute atomic E-state index is 0.185. The van der Waals surface area contributed by atoms with Crippen LogP contribution in [-0.2, 0) is 11.2 Å². The van der Waals surface area contributed by atoms with Crippen LogP contribution in [0.5, 0.6) is 5.88 Å². The SMILES string of the molecule is CCc1nc(Cl)cc(OC2CCOCC2)n1. The molecule has 2 rings (SSSR count). The molecule has 2 heterocycles. The molecule has 16 heavy (non-hydrogen) atoms. The van der Waals surface area contributed by atoms with Crippen molar-refractivity contribution >= 4 is 11.6 Å². The fourth-order valence-corrected chi connectivity index (χ4v) is 1.82. The third-order valence-electron chi connectivity index (χ3n) is 2.49. The molecule has 0 amide bonds. The Morgan fingerprint density at radius 2 is 2.19 bits per heavy atom. The second-order valence-electron chi connectivity index (χ2n) is 3.73. The first-order valence-corrected chi connectivity index (χ1v) is 5.93. The van der Waals surface area contributed by atoms with E-state index in [0.29, 0.717) is 11.0 Å². The Hall–Kier alpha value is -0.870. The zero-order chi connectivity index (χ0) is 11.4. The highest BCUT2D eigenvalue weighted by atomic mass is 35.5. The van der Waals surface area contributed by atoms with Gasteiger partial charge in [-0.2, -0.15) is 4.98 Å². The normalized spacial score (nSPS) is 17.4. The summed E-state index contributed by atoms with van der Waals surface area (Å²) in [6, 6.07) is 1.66. The van der Waals surface area contributed by atoms with Gasteiger partial charge in [-0.15, -0.1) is 0 Å². The molecule has 1 aliphatic rings. The number of hydrogen-bond donors (Lipinski definition) is 0. The van der Waals surface area contributed by atoms with Gasteiger partial charge in [-0.05, 0) is 0 Å². The lowest BCUT2D eigenvalue weighted by molar-refractivity contribution is 0.0236. The molecule has 0 bridgehead atoms. The average Bonchev–Trinajstić information content (AvgIpc) is 2.29. The molecule has 1 aliphatic heterocycles. The maximum absolute atomic E-state index is 5.89. The molecule has 0 unspecified atom stereocenters. The largest absolute Gasteiger partial charge is 0.474 e. The van der Waals surface area contributed by atoms with Crippen LogP contribution in [0.3, 0.4) is 0 Å². The number of nitrogens with zero attached hydrogens (tertiary/aromatic N) is 2. The number of hydrogen-bond acceptors (Lipinski definition) is 4. The van der Waals surface area contributed by atoms with Crippen LogP contribution in [0.1, 0.15) is 25.6 Å². The maximum atomic E-state index is 5.89. The van der Waals surface area contributed by atoms with Gasteiger partial charge in [0.25, 0.3) is 0 Å². The minimum atomic E-state index is 0.185. The van der Waals surface area contributed by atoms with E-state index in [0.717, 1.165) is 38.3 Å². The molecule has 4 nitrogen and oxygen atoms in total. The fraction of sp³-hybridized carbons (Fsp3) is 0.636. The Labute approximate surface area is 99.9 Å². The first-order valence-electron chi connectivity index (χ1n) is 5.56. The first-order chi connectivity index (χ1) is 7.78. The summed E-state index contributed by atoms with van der Waals surface area (Å²) in [5.74, 6) is 1.29. The van der Waals surface area contributed by atoms with Gasteiger partial charge in [0, 0.05) is 25.3 Å². The maximum Gasteiger partial charge on any atom is 0.218 e. The first kappa shape index (κ1) is 11.6. The van der Waals surface area contributed by atoms with E-state index in [1.54, 1.807) is 6.07 Å². The molecular weight excluding hydrogens is 228 g/mol. The van der Waals surface area contributed by atoms with Crippen LogP contribution in [0.2, 0.25) is 5.15 Å². The van der Waals surface area contributed by atoms with Crippen molar-refractivity contribution in [1.82, 2.24) is 9.97 Å². The Balaban J connectivity index is 2.04. The molecule has 1 saturated heterocycles. The van der Waals surface area contributed by atoms with Crippen molar-refractivity contribution in [3.05, 3.63) is 17.0 Å². The summed E-state index contributed by atoms with van der Waals surface area (Å²) >= 11 is 5.89. The van der Waals surface area contributed by atoms with Crippen molar-refractivity contribution in [2.24, 2.45) is 0 Å². The third-order valence-corrected chi connectivity index (χ3v) is 2.68. The van der Waals surface area contributed by atoms with Crippen molar-refractivity contribution in [3.63, 3.8) is 0 Å². The quantitative estimate of drug-likeness (QED) is 0.763. The topological polar surface area (TPSA) is 44.2 Å². The summed E-state index contributed by atoms with van der Waals surface area (Å²) in [7, 11) is 0. The summed E-state index contributed by atoms with van der Waals surface area (Å²) in [6.45, 7) is 3.50. The monoisotopic (exact) mass is 242 g/mol. The lowest BCUT2D eigenvalue weighted by atomic mass is 10.2. The van der Waals surface area contributed by atoms with Crippen molar-refractivity contribution < 1.29 is 9.47 Å². The molecule has 0 spiro atoms. The molecule has 0 saturated carbocycles. The van der Waals surface area contributed by atoms with E-state index in [-0.39, 0.29) is 6.10 Å². The van der Waals surface area contributed by atoms with Gasteiger partial charge in [-0.3, -0.25) is 0 Å². The third kappa shape index (κ3) is 3.06. The van der Waals surface area contributed by atoms with Crippen LogP contribution < -0.4 is 4.74 Å². The molecule has 5 heteroatoms. The highest BCUT2D eigenvalue weighted by Crippen LogP contribution is 2.18. The van der Waals surface area contributed by atoms with Gasteiger partial charge in [-0.25, -0.2) is 4.98 Å². The van der Waals surface area contributed by atoms with Crippen LogP contribution in [0.4, 0.5) is 0 Å². The van der Waals surface area contributed by atoms with Gasteiger partial charge in [0.2, 0.25) is 5.88 Å². The second-order valence-corrected chi connectivity index (χ2v) is 4.12. The van der Waals surface area contributed by atoms with Crippen LogP contribution in [0.15, 0.2) is 6.07 Å². The van der Waals surface area contributed by atoms with Gasteiger partial charge in [-0.1, -0.05) is 18.5 Å². The van der Waals surface area contributed by atoms with Gasteiger partial charge < -0.3 is 9.47 Å². The zero-order valence-corrected chi connectivity index (χ0v) is 10.0. The number of halogens is 1. The van der Waals surface area contributed by atoms with Crippen molar-refractivity contribution in [2.45, 2.75) is 32.3 Å². The van der Waals surface area contributed by atoms with Gasteiger partial charge in [0.15, 0.2) is 0 Å². The lowest BCUT2D eigenvalue weighted by Gasteiger charge is -2.22. The number of rotatable bonds is 3. The van der Waals surface area contributed by atoms with Gasteiger partial charge in [0.1, 0.15) is 17.1 Å². The fourth-order valence-electron chi connectivity index (χ4n) is 1.62. The smallest absolute Gasteiger partial charge is 0.218 e. The van der Waals surface area contributed by atoms with E-state index in [9.17, 15) is 0 Å². The van der Waals surface area contributed by atoms with E-state index < -0.39 is 0 Å². The second kappa shape index (κ2) is 5.46. The van der Waals surface area contributed by atoms with E-state index in [1.807, 2.05) is 6.92 Å². The van der Waals surface area contributed by atoms with E-state index in [2.05, 4.69) is 9.97 Å². The van der Waals surface area contributed by atoms with Gasteiger partial charge >= 0.3 is 0 Å². The van der Waals surface area contributed by atoms with E-state index >= 15 is 0 Å². The molecule has 0 aromatic carbocycles. The number of ether oxygens (including phenoxy) is 2. The van der Waals surface area contributed by atoms with Crippen LogP contribution >= 0.6 is 11.6 Å². The van der Waals surface area contributed by atoms with Crippen molar-refractivity contribution in [3.8, 4) is 5.88 Å². The number of aryl methyl sites for hydroxylation is 1.